The fraction of sp³-hybridized carbons (Fsp3) is 0.167. The molecule has 6 heteroatoms. The third-order valence-electron chi connectivity index (χ3n) is 3.91. The molecule has 0 atom stereocenters. The van der Waals surface area contributed by atoms with Crippen molar-refractivity contribution in [2.75, 3.05) is 6.54 Å². The van der Waals surface area contributed by atoms with E-state index in [0.717, 1.165) is 5.56 Å². The molecule has 3 rings (SSSR count). The number of carbonyl (C=O) groups excluding carboxylic acids is 2. The molecule has 1 N–H and O–H groups in total. The summed E-state index contributed by atoms with van der Waals surface area (Å²) in [6, 6.07) is 11.2. The molecule has 0 aromatic heterocycles. The number of carboxylic acids is 1. The molecular weight excluding hydrogens is 330 g/mol. The van der Waals surface area contributed by atoms with Gasteiger partial charge >= 0.3 is 5.97 Å². The Bertz CT molecular complexity index is 829. The van der Waals surface area contributed by atoms with Crippen molar-refractivity contribution in [3.05, 3.63) is 69.7 Å². The number of carboxylic acid groups (broad SMARTS) is 1. The summed E-state index contributed by atoms with van der Waals surface area (Å²) in [6.45, 7) is 0.262. The molecule has 5 nitrogen and oxygen atoms in total. The van der Waals surface area contributed by atoms with Crippen molar-refractivity contribution in [3.63, 3.8) is 0 Å². The van der Waals surface area contributed by atoms with Gasteiger partial charge in [-0.2, -0.15) is 0 Å². The van der Waals surface area contributed by atoms with Gasteiger partial charge in [0.25, 0.3) is 5.91 Å². The standard InChI is InChI=1S/C18H14ClNO4/c19-14-5-6-16-13(7-14)8-15(21)10-20(17(16)22)9-11-1-3-12(4-2-11)18(23)24/h1-7H,8-10H2,(H,23,24). The number of halogens is 1. The van der Waals surface area contributed by atoms with Gasteiger partial charge < -0.3 is 10.0 Å². The van der Waals surface area contributed by atoms with Crippen LogP contribution in [0.25, 0.3) is 0 Å². The third kappa shape index (κ3) is 3.31. The first-order chi connectivity index (χ1) is 11.4. The van der Waals surface area contributed by atoms with Crippen LogP contribution >= 0.6 is 11.6 Å². The van der Waals surface area contributed by atoms with Crippen LogP contribution in [0.3, 0.4) is 0 Å². The quantitative estimate of drug-likeness (QED) is 0.930. The first kappa shape index (κ1) is 16.2. The predicted molar refractivity (Wildman–Crippen MR) is 88.3 cm³/mol. The minimum absolute atomic E-state index is 0.0197. The Morgan fingerprint density at radius 2 is 1.83 bits per heavy atom. The zero-order valence-electron chi connectivity index (χ0n) is 12.7. The monoisotopic (exact) mass is 343 g/mol. The molecule has 1 aliphatic heterocycles. The topological polar surface area (TPSA) is 74.7 Å². The summed E-state index contributed by atoms with van der Waals surface area (Å²) in [4.78, 5) is 37.2. The van der Waals surface area contributed by atoms with Gasteiger partial charge in [0.2, 0.25) is 0 Å². The normalized spacial score (nSPS) is 14.3. The number of amides is 1. The van der Waals surface area contributed by atoms with E-state index in [1.54, 1.807) is 30.3 Å². The van der Waals surface area contributed by atoms with E-state index < -0.39 is 5.97 Å². The number of rotatable bonds is 3. The van der Waals surface area contributed by atoms with Crippen LogP contribution in [-0.4, -0.2) is 34.2 Å². The Labute approximate surface area is 143 Å². The average molecular weight is 344 g/mol. The van der Waals surface area contributed by atoms with E-state index >= 15 is 0 Å². The van der Waals surface area contributed by atoms with Crippen LogP contribution < -0.4 is 0 Å². The molecule has 24 heavy (non-hydrogen) atoms. The molecule has 0 spiro atoms. The fourth-order valence-electron chi connectivity index (χ4n) is 2.74. The van der Waals surface area contributed by atoms with E-state index in [0.29, 0.717) is 16.1 Å². The average Bonchev–Trinajstić information content (AvgIpc) is 2.64. The van der Waals surface area contributed by atoms with Gasteiger partial charge in [0.05, 0.1) is 12.1 Å². The van der Waals surface area contributed by atoms with Gasteiger partial charge in [-0.05, 0) is 41.5 Å². The van der Waals surface area contributed by atoms with Crippen molar-refractivity contribution in [1.82, 2.24) is 4.90 Å². The number of benzene rings is 2. The second-order valence-electron chi connectivity index (χ2n) is 5.68. The van der Waals surface area contributed by atoms with Gasteiger partial charge in [0.1, 0.15) is 0 Å². The Kier molecular flexibility index (Phi) is 4.36. The Hall–Kier alpha value is -2.66. The molecule has 2 aromatic carbocycles. The minimum Gasteiger partial charge on any atom is -0.478 e. The van der Waals surface area contributed by atoms with Crippen molar-refractivity contribution in [2.24, 2.45) is 0 Å². The summed E-state index contributed by atoms with van der Waals surface area (Å²) in [5.41, 5.74) is 2.06. The van der Waals surface area contributed by atoms with E-state index in [-0.39, 0.29) is 36.8 Å². The number of ketones is 1. The SMILES string of the molecule is O=C1Cc2cc(Cl)ccc2C(=O)N(Cc2ccc(C(=O)O)cc2)C1. The summed E-state index contributed by atoms with van der Waals surface area (Å²) in [5.74, 6) is -1.30. The van der Waals surface area contributed by atoms with Crippen LogP contribution in [0.1, 0.15) is 31.8 Å². The van der Waals surface area contributed by atoms with Gasteiger partial charge in [-0.3, -0.25) is 9.59 Å². The largest absolute Gasteiger partial charge is 0.478 e. The number of Topliss-reactive ketones (excluding diaryl/α,β-unsaturated/α-hetero) is 1. The smallest absolute Gasteiger partial charge is 0.335 e. The fourth-order valence-corrected chi connectivity index (χ4v) is 2.94. The number of nitrogens with zero attached hydrogens (tertiary/aromatic N) is 1. The molecular formula is C18H14ClNO4. The van der Waals surface area contributed by atoms with Crippen molar-refractivity contribution in [3.8, 4) is 0 Å². The molecule has 1 heterocycles. The molecule has 1 amide bonds. The van der Waals surface area contributed by atoms with Crippen molar-refractivity contribution in [1.29, 1.82) is 0 Å². The van der Waals surface area contributed by atoms with Gasteiger partial charge in [-0.25, -0.2) is 4.79 Å². The van der Waals surface area contributed by atoms with Crippen LogP contribution in [0.4, 0.5) is 0 Å². The van der Waals surface area contributed by atoms with E-state index in [1.165, 1.54) is 17.0 Å². The van der Waals surface area contributed by atoms with Gasteiger partial charge in [0.15, 0.2) is 5.78 Å². The lowest BCUT2D eigenvalue weighted by Gasteiger charge is -2.20. The van der Waals surface area contributed by atoms with E-state index in [4.69, 9.17) is 16.7 Å². The molecule has 2 aromatic rings. The molecule has 0 fully saturated rings. The molecule has 0 unspecified atom stereocenters. The lowest BCUT2D eigenvalue weighted by Crippen LogP contribution is -2.33. The van der Waals surface area contributed by atoms with Gasteiger partial charge in [-0.15, -0.1) is 0 Å². The molecule has 0 radical (unpaired) electrons. The molecule has 122 valence electrons. The second kappa shape index (κ2) is 6.45. The zero-order chi connectivity index (χ0) is 17.3. The van der Waals surface area contributed by atoms with Crippen LogP contribution in [0, 0.1) is 0 Å². The summed E-state index contributed by atoms with van der Waals surface area (Å²) in [5, 5.41) is 9.42. The van der Waals surface area contributed by atoms with Gasteiger partial charge in [0, 0.05) is 23.6 Å². The highest BCUT2D eigenvalue weighted by molar-refractivity contribution is 6.30. The summed E-state index contributed by atoms with van der Waals surface area (Å²) >= 11 is 5.95. The third-order valence-corrected chi connectivity index (χ3v) is 4.15. The Morgan fingerprint density at radius 1 is 1.12 bits per heavy atom. The summed E-state index contributed by atoms with van der Waals surface area (Å²) < 4.78 is 0. The maximum atomic E-state index is 12.7. The molecule has 0 saturated carbocycles. The van der Waals surface area contributed by atoms with Crippen molar-refractivity contribution in [2.45, 2.75) is 13.0 Å². The van der Waals surface area contributed by atoms with E-state index in [1.807, 2.05) is 0 Å². The van der Waals surface area contributed by atoms with Crippen LogP contribution in [-0.2, 0) is 17.8 Å². The first-order valence-corrected chi connectivity index (χ1v) is 7.73. The minimum atomic E-state index is -1.01. The highest BCUT2D eigenvalue weighted by atomic mass is 35.5. The summed E-state index contributed by atoms with van der Waals surface area (Å²) in [6.07, 6.45) is 0.177. The number of hydrogen-bond acceptors (Lipinski definition) is 3. The Morgan fingerprint density at radius 3 is 2.50 bits per heavy atom. The highest BCUT2D eigenvalue weighted by Gasteiger charge is 2.26. The lowest BCUT2D eigenvalue weighted by atomic mass is 10.0. The van der Waals surface area contributed by atoms with Crippen LogP contribution in [0.2, 0.25) is 5.02 Å². The van der Waals surface area contributed by atoms with Crippen LogP contribution in [0.15, 0.2) is 42.5 Å². The number of hydrogen-bond donors (Lipinski definition) is 1. The van der Waals surface area contributed by atoms with E-state index in [2.05, 4.69) is 0 Å². The highest BCUT2D eigenvalue weighted by Crippen LogP contribution is 2.22. The van der Waals surface area contributed by atoms with Crippen LogP contribution in [0.5, 0.6) is 0 Å². The molecule has 0 saturated heterocycles. The first-order valence-electron chi connectivity index (χ1n) is 7.35. The summed E-state index contributed by atoms with van der Waals surface area (Å²) in [7, 11) is 0. The van der Waals surface area contributed by atoms with E-state index in [9.17, 15) is 14.4 Å². The maximum absolute atomic E-state index is 12.7. The number of aromatic carboxylic acids is 1. The molecule has 0 aliphatic carbocycles. The maximum Gasteiger partial charge on any atom is 0.335 e. The van der Waals surface area contributed by atoms with Gasteiger partial charge in [-0.1, -0.05) is 23.7 Å². The Balaban J connectivity index is 1.87. The van der Waals surface area contributed by atoms with Crippen molar-refractivity contribution >= 4 is 29.3 Å². The second-order valence-corrected chi connectivity index (χ2v) is 6.12. The lowest BCUT2D eigenvalue weighted by molar-refractivity contribution is -0.119. The number of fused-ring (bicyclic) bond motifs is 1. The van der Waals surface area contributed by atoms with Crippen molar-refractivity contribution < 1.29 is 19.5 Å². The zero-order valence-corrected chi connectivity index (χ0v) is 13.4. The number of carbonyl (C=O) groups is 3. The molecule has 0 bridgehead atoms. The predicted octanol–water partition coefficient (Wildman–Crippen LogP) is 2.81. The molecule has 1 aliphatic rings.